The van der Waals surface area contributed by atoms with Crippen molar-refractivity contribution in [3.8, 4) is 0 Å². The Hall–Kier alpha value is -1.81. The van der Waals surface area contributed by atoms with Crippen molar-refractivity contribution in [3.05, 3.63) is 36.1 Å². The Balaban J connectivity index is 2.07. The Morgan fingerprint density at radius 1 is 1.47 bits per heavy atom. The molecule has 1 heterocycles. The van der Waals surface area contributed by atoms with Crippen LogP contribution in [0.5, 0.6) is 0 Å². The van der Waals surface area contributed by atoms with Crippen LogP contribution in [-0.4, -0.2) is 13.1 Å². The van der Waals surface area contributed by atoms with E-state index < -0.39 is 0 Å². The molecule has 0 radical (unpaired) electrons. The van der Waals surface area contributed by atoms with Gasteiger partial charge < -0.3 is 14.9 Å². The number of carbonyl (C=O) groups excluding carboxylic acids is 1. The average molecular weight is 233 g/mol. The third-order valence-electron chi connectivity index (χ3n) is 2.79. The number of methoxy groups -OCH3 is 1. The number of carbonyl (C=O) groups is 1. The summed E-state index contributed by atoms with van der Waals surface area (Å²) in [6, 6.07) is 7.54. The first-order valence-corrected chi connectivity index (χ1v) is 5.50. The maximum Gasteiger partial charge on any atom is 0.305 e. The smallest absolute Gasteiger partial charge is 0.305 e. The first-order valence-electron chi connectivity index (χ1n) is 5.50. The molecule has 2 N–H and O–H groups in total. The molecule has 0 aliphatic heterocycles. The van der Waals surface area contributed by atoms with Crippen molar-refractivity contribution in [2.45, 2.75) is 18.9 Å². The molecule has 1 aromatic carbocycles. The van der Waals surface area contributed by atoms with Crippen LogP contribution < -0.4 is 5.73 Å². The summed E-state index contributed by atoms with van der Waals surface area (Å²) in [7, 11) is 1.38. The zero-order chi connectivity index (χ0) is 12.3. The van der Waals surface area contributed by atoms with E-state index in [-0.39, 0.29) is 12.0 Å². The molecule has 0 bridgehead atoms. The molecular weight excluding hydrogens is 218 g/mol. The monoisotopic (exact) mass is 233 g/mol. The minimum Gasteiger partial charge on any atom is -0.469 e. The van der Waals surface area contributed by atoms with E-state index in [2.05, 4.69) is 4.74 Å². The molecular formula is C13H15NO3. The number of furan rings is 1. The van der Waals surface area contributed by atoms with Crippen molar-refractivity contribution >= 4 is 16.9 Å². The summed E-state index contributed by atoms with van der Waals surface area (Å²) >= 11 is 0. The molecule has 2 rings (SSSR count). The van der Waals surface area contributed by atoms with Crippen molar-refractivity contribution in [1.82, 2.24) is 0 Å². The van der Waals surface area contributed by atoms with Crippen molar-refractivity contribution in [1.29, 1.82) is 0 Å². The van der Waals surface area contributed by atoms with Crippen LogP contribution >= 0.6 is 0 Å². The number of fused-ring (bicyclic) bond motifs is 1. The van der Waals surface area contributed by atoms with E-state index in [1.54, 1.807) is 6.26 Å². The number of hydrogen-bond acceptors (Lipinski definition) is 4. The minimum absolute atomic E-state index is 0.159. The molecule has 0 fully saturated rings. The van der Waals surface area contributed by atoms with Crippen molar-refractivity contribution in [3.63, 3.8) is 0 Å². The molecule has 1 unspecified atom stereocenters. The quantitative estimate of drug-likeness (QED) is 0.823. The van der Waals surface area contributed by atoms with E-state index in [9.17, 15) is 4.79 Å². The first-order chi connectivity index (χ1) is 8.20. The van der Waals surface area contributed by atoms with Crippen LogP contribution in [0.1, 0.15) is 24.4 Å². The van der Waals surface area contributed by atoms with E-state index in [4.69, 9.17) is 10.2 Å². The van der Waals surface area contributed by atoms with E-state index in [1.165, 1.54) is 7.11 Å². The first kappa shape index (κ1) is 11.7. The average Bonchev–Trinajstić information content (AvgIpc) is 2.82. The predicted molar refractivity (Wildman–Crippen MR) is 64.4 cm³/mol. The molecule has 90 valence electrons. The highest BCUT2D eigenvalue weighted by Crippen LogP contribution is 2.22. The van der Waals surface area contributed by atoms with Crippen LogP contribution in [0, 0.1) is 0 Å². The summed E-state index contributed by atoms with van der Waals surface area (Å²) in [5.74, 6) is -0.232. The molecule has 4 nitrogen and oxygen atoms in total. The fourth-order valence-corrected chi connectivity index (χ4v) is 1.76. The van der Waals surface area contributed by atoms with Gasteiger partial charge in [0.25, 0.3) is 0 Å². The molecule has 4 heteroatoms. The van der Waals surface area contributed by atoms with Gasteiger partial charge in [-0.2, -0.15) is 0 Å². The van der Waals surface area contributed by atoms with Gasteiger partial charge in [0.2, 0.25) is 0 Å². The van der Waals surface area contributed by atoms with E-state index in [0.29, 0.717) is 12.8 Å². The number of benzene rings is 1. The summed E-state index contributed by atoms with van der Waals surface area (Å²) in [6.07, 6.45) is 2.56. The summed E-state index contributed by atoms with van der Waals surface area (Å²) in [5, 5.41) is 1.02. The van der Waals surface area contributed by atoms with Crippen molar-refractivity contribution < 1.29 is 13.9 Å². The largest absolute Gasteiger partial charge is 0.469 e. The molecule has 0 spiro atoms. The molecule has 0 saturated carbocycles. The van der Waals surface area contributed by atoms with E-state index in [0.717, 1.165) is 16.5 Å². The van der Waals surface area contributed by atoms with E-state index >= 15 is 0 Å². The second-order valence-electron chi connectivity index (χ2n) is 3.94. The number of esters is 1. The zero-order valence-electron chi connectivity index (χ0n) is 9.68. The van der Waals surface area contributed by atoms with Crippen LogP contribution in [0.15, 0.2) is 34.9 Å². The van der Waals surface area contributed by atoms with E-state index in [1.807, 2.05) is 24.3 Å². The van der Waals surface area contributed by atoms with Gasteiger partial charge in [-0.15, -0.1) is 0 Å². The van der Waals surface area contributed by atoms with Gasteiger partial charge in [-0.05, 0) is 30.2 Å². The van der Waals surface area contributed by atoms with Crippen molar-refractivity contribution in [2.24, 2.45) is 5.73 Å². The SMILES string of the molecule is COC(=O)CCC(N)c1ccc2occc2c1. The summed E-state index contributed by atoms with van der Waals surface area (Å²) < 4.78 is 9.84. The van der Waals surface area contributed by atoms with Gasteiger partial charge in [0.15, 0.2) is 0 Å². The maximum atomic E-state index is 11.0. The summed E-state index contributed by atoms with van der Waals surface area (Å²) in [6.45, 7) is 0. The van der Waals surface area contributed by atoms with Gasteiger partial charge in [0.1, 0.15) is 5.58 Å². The highest BCUT2D eigenvalue weighted by atomic mass is 16.5. The number of hydrogen-bond donors (Lipinski definition) is 1. The highest BCUT2D eigenvalue weighted by Gasteiger charge is 2.10. The standard InChI is InChI=1S/C13H15NO3/c1-16-13(15)5-3-11(14)9-2-4-12-10(8-9)6-7-17-12/h2,4,6-8,11H,3,5,14H2,1H3. The summed E-state index contributed by atoms with van der Waals surface area (Å²) in [5.41, 5.74) is 7.86. The Morgan fingerprint density at radius 2 is 2.29 bits per heavy atom. The van der Waals surface area contributed by atoms with Gasteiger partial charge in [0, 0.05) is 17.8 Å². The van der Waals surface area contributed by atoms with Crippen molar-refractivity contribution in [2.75, 3.05) is 7.11 Å². The lowest BCUT2D eigenvalue weighted by Gasteiger charge is -2.11. The second-order valence-corrected chi connectivity index (χ2v) is 3.94. The van der Waals surface area contributed by atoms with Gasteiger partial charge in [-0.1, -0.05) is 6.07 Å². The maximum absolute atomic E-state index is 11.0. The predicted octanol–water partition coefficient (Wildman–Crippen LogP) is 2.39. The third-order valence-corrected chi connectivity index (χ3v) is 2.79. The highest BCUT2D eigenvalue weighted by molar-refractivity contribution is 5.77. The third kappa shape index (κ3) is 2.65. The normalized spacial score (nSPS) is 12.6. The Kier molecular flexibility index (Phi) is 3.44. The molecule has 0 aliphatic rings. The van der Waals surface area contributed by atoms with Gasteiger partial charge in [0.05, 0.1) is 13.4 Å². The molecule has 1 atom stereocenters. The molecule has 0 amide bonds. The summed E-state index contributed by atoms with van der Waals surface area (Å²) in [4.78, 5) is 11.0. The van der Waals surface area contributed by atoms with Gasteiger partial charge >= 0.3 is 5.97 Å². The second kappa shape index (κ2) is 5.01. The lowest BCUT2D eigenvalue weighted by Crippen LogP contribution is -2.12. The minimum atomic E-state index is -0.232. The fourth-order valence-electron chi connectivity index (χ4n) is 1.76. The topological polar surface area (TPSA) is 65.5 Å². The Bertz CT molecular complexity index is 518. The Morgan fingerprint density at radius 3 is 3.06 bits per heavy atom. The lowest BCUT2D eigenvalue weighted by molar-refractivity contribution is -0.140. The van der Waals surface area contributed by atoms with Crippen LogP contribution in [0.2, 0.25) is 0 Å². The fraction of sp³-hybridized carbons (Fsp3) is 0.308. The molecule has 17 heavy (non-hydrogen) atoms. The number of nitrogens with two attached hydrogens (primary N) is 1. The van der Waals surface area contributed by atoms with Crippen LogP contribution in [0.4, 0.5) is 0 Å². The lowest BCUT2D eigenvalue weighted by atomic mass is 10.0. The molecule has 2 aromatic rings. The number of rotatable bonds is 4. The molecule has 1 aromatic heterocycles. The Labute approximate surface area is 99.3 Å². The van der Waals surface area contributed by atoms with Crippen LogP contribution in [0.3, 0.4) is 0 Å². The van der Waals surface area contributed by atoms with Crippen LogP contribution in [0.25, 0.3) is 11.0 Å². The van der Waals surface area contributed by atoms with Gasteiger partial charge in [-0.3, -0.25) is 4.79 Å². The van der Waals surface area contributed by atoms with Gasteiger partial charge in [-0.25, -0.2) is 0 Å². The van der Waals surface area contributed by atoms with Crippen LogP contribution in [-0.2, 0) is 9.53 Å². The number of ether oxygens (including phenoxy) is 1. The molecule has 0 saturated heterocycles. The molecule has 0 aliphatic carbocycles. The zero-order valence-corrected chi connectivity index (χ0v) is 9.68.